The van der Waals surface area contributed by atoms with Crippen molar-refractivity contribution in [2.75, 3.05) is 0 Å². The Balaban J connectivity index is 2.38. The molecule has 14 heavy (non-hydrogen) atoms. The van der Waals surface area contributed by atoms with Gasteiger partial charge in [-0.05, 0) is 12.1 Å². The van der Waals surface area contributed by atoms with Crippen LogP contribution in [0.4, 0.5) is 0 Å². The van der Waals surface area contributed by atoms with Gasteiger partial charge in [0.25, 0.3) is 0 Å². The number of hydrogen-bond donors (Lipinski definition) is 1. The Morgan fingerprint density at radius 3 is 2.79 bits per heavy atom. The monoisotopic (exact) mass is 184 g/mol. The Hall–Kier alpha value is -2.15. The van der Waals surface area contributed by atoms with Gasteiger partial charge >= 0.3 is 0 Å². The Morgan fingerprint density at radius 1 is 1.29 bits per heavy atom. The van der Waals surface area contributed by atoms with E-state index in [1.54, 1.807) is 18.6 Å². The van der Waals surface area contributed by atoms with Crippen LogP contribution in [-0.4, -0.2) is 15.0 Å². The first kappa shape index (κ1) is 8.45. The molecule has 0 saturated carbocycles. The number of imidazole rings is 1. The van der Waals surface area contributed by atoms with Gasteiger partial charge in [0.2, 0.25) is 0 Å². The van der Waals surface area contributed by atoms with Crippen LogP contribution < -0.4 is 0 Å². The molecule has 4 nitrogen and oxygen atoms in total. The molecule has 0 aliphatic heterocycles. The van der Waals surface area contributed by atoms with Crippen molar-refractivity contribution in [3.05, 3.63) is 48.3 Å². The van der Waals surface area contributed by atoms with Crippen LogP contribution in [0.25, 0.3) is 0 Å². The standard InChI is InChI=1S/C10H8N4/c11-7-8(10-13-5-6-14-10)9-3-1-2-4-12-9/h1-6,8H,(H,13,14). The molecule has 1 atom stereocenters. The second-order valence-electron chi connectivity index (χ2n) is 2.79. The predicted octanol–water partition coefficient (Wildman–Crippen LogP) is 1.46. The number of aromatic amines is 1. The molecule has 0 fully saturated rings. The van der Waals surface area contributed by atoms with Gasteiger partial charge in [-0.15, -0.1) is 0 Å². The van der Waals surface area contributed by atoms with Gasteiger partial charge in [-0.3, -0.25) is 4.98 Å². The van der Waals surface area contributed by atoms with Crippen LogP contribution in [0.15, 0.2) is 36.8 Å². The molecule has 0 aliphatic carbocycles. The van der Waals surface area contributed by atoms with Crippen LogP contribution in [0.1, 0.15) is 17.4 Å². The third-order valence-electron chi connectivity index (χ3n) is 1.91. The summed E-state index contributed by atoms with van der Waals surface area (Å²) in [4.78, 5) is 11.1. The molecule has 4 heteroatoms. The maximum Gasteiger partial charge on any atom is 0.146 e. The lowest BCUT2D eigenvalue weighted by molar-refractivity contribution is 0.886. The lowest BCUT2D eigenvalue weighted by Crippen LogP contribution is -2.02. The highest BCUT2D eigenvalue weighted by Crippen LogP contribution is 2.17. The summed E-state index contributed by atoms with van der Waals surface area (Å²) in [6.07, 6.45) is 4.99. The minimum atomic E-state index is -0.411. The molecule has 2 heterocycles. The smallest absolute Gasteiger partial charge is 0.146 e. The van der Waals surface area contributed by atoms with Gasteiger partial charge in [0, 0.05) is 18.6 Å². The van der Waals surface area contributed by atoms with Gasteiger partial charge in [-0.25, -0.2) is 4.98 Å². The van der Waals surface area contributed by atoms with E-state index in [0.717, 1.165) is 0 Å². The number of rotatable bonds is 2. The fourth-order valence-corrected chi connectivity index (χ4v) is 1.25. The second kappa shape index (κ2) is 3.71. The fraction of sp³-hybridized carbons (Fsp3) is 0.100. The molecule has 0 spiro atoms. The highest BCUT2D eigenvalue weighted by Gasteiger charge is 2.15. The van der Waals surface area contributed by atoms with Gasteiger partial charge in [0.15, 0.2) is 0 Å². The summed E-state index contributed by atoms with van der Waals surface area (Å²) in [6.45, 7) is 0. The topological polar surface area (TPSA) is 65.4 Å². The van der Waals surface area contributed by atoms with E-state index in [9.17, 15) is 0 Å². The minimum Gasteiger partial charge on any atom is -0.347 e. The third-order valence-corrected chi connectivity index (χ3v) is 1.91. The van der Waals surface area contributed by atoms with Gasteiger partial charge in [-0.1, -0.05) is 6.07 Å². The minimum absolute atomic E-state index is 0.411. The van der Waals surface area contributed by atoms with Crippen LogP contribution in [0.5, 0.6) is 0 Å². The maximum absolute atomic E-state index is 9.00. The zero-order valence-electron chi connectivity index (χ0n) is 7.38. The summed E-state index contributed by atoms with van der Waals surface area (Å²) >= 11 is 0. The Labute approximate surface area is 81.3 Å². The number of nitrogens with one attached hydrogen (secondary N) is 1. The van der Waals surface area contributed by atoms with Crippen LogP contribution in [0, 0.1) is 11.3 Å². The van der Waals surface area contributed by atoms with Crippen molar-refractivity contribution in [2.45, 2.75) is 5.92 Å². The van der Waals surface area contributed by atoms with Crippen molar-refractivity contribution in [3.63, 3.8) is 0 Å². The van der Waals surface area contributed by atoms with Crippen LogP contribution >= 0.6 is 0 Å². The van der Waals surface area contributed by atoms with Gasteiger partial charge in [0.1, 0.15) is 11.7 Å². The number of nitriles is 1. The molecule has 0 amide bonds. The highest BCUT2D eigenvalue weighted by atomic mass is 14.9. The van der Waals surface area contributed by atoms with Gasteiger partial charge < -0.3 is 4.98 Å². The Morgan fingerprint density at radius 2 is 2.21 bits per heavy atom. The van der Waals surface area contributed by atoms with Crippen molar-refractivity contribution < 1.29 is 0 Å². The third kappa shape index (κ3) is 1.48. The number of nitrogens with zero attached hydrogens (tertiary/aromatic N) is 3. The molecule has 0 bridgehead atoms. The average molecular weight is 184 g/mol. The first-order valence-corrected chi connectivity index (χ1v) is 4.21. The van der Waals surface area contributed by atoms with Crippen LogP contribution in [0.3, 0.4) is 0 Å². The van der Waals surface area contributed by atoms with Crippen molar-refractivity contribution in [1.29, 1.82) is 5.26 Å². The Bertz CT molecular complexity index is 427. The zero-order valence-corrected chi connectivity index (χ0v) is 7.38. The van der Waals surface area contributed by atoms with Gasteiger partial charge in [0.05, 0.1) is 11.8 Å². The number of pyridine rings is 1. The molecule has 0 aromatic carbocycles. The zero-order chi connectivity index (χ0) is 9.80. The van der Waals surface area contributed by atoms with Crippen LogP contribution in [0.2, 0.25) is 0 Å². The average Bonchev–Trinajstić information content (AvgIpc) is 2.74. The van der Waals surface area contributed by atoms with Crippen molar-refractivity contribution in [3.8, 4) is 6.07 Å². The lowest BCUT2D eigenvalue weighted by atomic mass is 10.1. The molecule has 1 N–H and O–H groups in total. The maximum atomic E-state index is 9.00. The van der Waals surface area contributed by atoms with Crippen molar-refractivity contribution >= 4 is 0 Å². The highest BCUT2D eigenvalue weighted by molar-refractivity contribution is 5.25. The predicted molar refractivity (Wildman–Crippen MR) is 50.3 cm³/mol. The van der Waals surface area contributed by atoms with E-state index >= 15 is 0 Å². The molecule has 1 unspecified atom stereocenters. The molecule has 0 saturated heterocycles. The lowest BCUT2D eigenvalue weighted by Gasteiger charge is -2.03. The number of hydrogen-bond acceptors (Lipinski definition) is 3. The molecule has 0 aliphatic rings. The molecule has 2 aromatic rings. The number of aromatic nitrogens is 3. The van der Waals surface area contributed by atoms with E-state index in [0.29, 0.717) is 11.5 Å². The van der Waals surface area contributed by atoms with E-state index in [1.807, 2.05) is 18.2 Å². The van der Waals surface area contributed by atoms with E-state index in [4.69, 9.17) is 5.26 Å². The van der Waals surface area contributed by atoms with E-state index in [2.05, 4.69) is 21.0 Å². The van der Waals surface area contributed by atoms with Crippen molar-refractivity contribution in [2.24, 2.45) is 0 Å². The fourth-order valence-electron chi connectivity index (χ4n) is 1.25. The summed E-state index contributed by atoms with van der Waals surface area (Å²) in [5.41, 5.74) is 0.713. The first-order valence-electron chi connectivity index (χ1n) is 4.21. The first-order chi connectivity index (χ1) is 6.92. The molecular formula is C10H8N4. The molecule has 68 valence electrons. The molecule has 2 rings (SSSR count). The normalized spacial score (nSPS) is 11.9. The SMILES string of the molecule is N#CC(c1ccccn1)c1ncc[nH]1. The summed E-state index contributed by atoms with van der Waals surface area (Å²) in [5, 5.41) is 9.00. The summed E-state index contributed by atoms with van der Waals surface area (Å²) in [6, 6.07) is 7.66. The summed E-state index contributed by atoms with van der Waals surface area (Å²) < 4.78 is 0. The number of H-pyrrole nitrogens is 1. The summed E-state index contributed by atoms with van der Waals surface area (Å²) in [5.74, 6) is 0.220. The van der Waals surface area contributed by atoms with Crippen LogP contribution in [-0.2, 0) is 0 Å². The largest absolute Gasteiger partial charge is 0.347 e. The van der Waals surface area contributed by atoms with E-state index < -0.39 is 5.92 Å². The second-order valence-corrected chi connectivity index (χ2v) is 2.79. The Kier molecular flexibility index (Phi) is 2.24. The molecule has 2 aromatic heterocycles. The summed E-state index contributed by atoms with van der Waals surface area (Å²) in [7, 11) is 0. The molecular weight excluding hydrogens is 176 g/mol. The molecule has 0 radical (unpaired) electrons. The quantitative estimate of drug-likeness (QED) is 0.768. The van der Waals surface area contributed by atoms with Crippen molar-refractivity contribution in [1.82, 2.24) is 15.0 Å². The van der Waals surface area contributed by atoms with E-state index in [-0.39, 0.29) is 0 Å². The van der Waals surface area contributed by atoms with E-state index in [1.165, 1.54) is 0 Å². The van der Waals surface area contributed by atoms with Gasteiger partial charge in [-0.2, -0.15) is 5.26 Å².